The zero-order chi connectivity index (χ0) is 42.2. The van der Waals surface area contributed by atoms with Crippen molar-refractivity contribution >= 4 is 91.6 Å². The Bertz CT molecular complexity index is 2940. The summed E-state index contributed by atoms with van der Waals surface area (Å²) in [7, 11) is 3.01. The molecule has 0 bridgehead atoms. The molecule has 2 amide bonds. The second-order valence-corrected chi connectivity index (χ2v) is 15.4. The molecule has 0 aliphatic carbocycles. The molecule has 0 unspecified atom stereocenters. The topological polar surface area (TPSA) is 145 Å². The highest BCUT2D eigenvalue weighted by Gasteiger charge is 2.41. The molecule has 0 spiro atoms. The predicted molar refractivity (Wildman–Crippen MR) is 232 cm³/mol. The first-order chi connectivity index (χ1) is 28.9. The minimum Gasteiger partial charge on any atom is -0.497 e. The van der Waals surface area contributed by atoms with E-state index in [-0.39, 0.29) is 22.8 Å². The molecule has 60 heavy (non-hydrogen) atoms. The first kappa shape index (κ1) is 40.1. The van der Waals surface area contributed by atoms with Gasteiger partial charge in [-0.05, 0) is 103 Å². The summed E-state index contributed by atoms with van der Waals surface area (Å²) < 4.78 is 19.2. The standard InChI is InChI=1S/C44H35Cl2N7O6S/c1-25-19-39(48-47-25)53(43(56)41(54)35-24-50(22-27-5-9-29(45)10-6-27)36-15-13-31(58-3)20-33(35)36)52(38-17-18-60-49-38)44(57)42(55)40-26(2)51(23-28-7-11-30(46)12-8-28)37-16-14-32(59-4)21-34(37)40/h5-21,24H,22-23H2,1-4H3,(H,47,48). The summed E-state index contributed by atoms with van der Waals surface area (Å²) in [6.07, 6.45) is 1.58. The molecule has 4 aromatic heterocycles. The quantitative estimate of drug-likeness (QED) is 0.0729. The van der Waals surface area contributed by atoms with Crippen LogP contribution in [0.25, 0.3) is 21.8 Å². The van der Waals surface area contributed by atoms with Crippen LogP contribution in [0, 0.1) is 13.8 Å². The Morgan fingerprint density at radius 1 is 0.700 bits per heavy atom. The van der Waals surface area contributed by atoms with Crippen LogP contribution in [0.15, 0.2) is 109 Å². The van der Waals surface area contributed by atoms with Crippen molar-refractivity contribution in [3.63, 3.8) is 0 Å². The molecule has 0 radical (unpaired) electrons. The third kappa shape index (κ3) is 7.52. The summed E-state index contributed by atoms with van der Waals surface area (Å²) in [6, 6.07) is 28.0. The van der Waals surface area contributed by atoms with Crippen molar-refractivity contribution in [3.05, 3.63) is 152 Å². The van der Waals surface area contributed by atoms with Crippen LogP contribution in [0.4, 0.5) is 11.6 Å². The lowest BCUT2D eigenvalue weighted by atomic mass is 10.1. The molecule has 0 aliphatic heterocycles. The molecule has 0 saturated carbocycles. The van der Waals surface area contributed by atoms with E-state index in [1.54, 1.807) is 80.0 Å². The second kappa shape index (κ2) is 16.5. The number of fused-ring (bicyclic) bond motifs is 2. The summed E-state index contributed by atoms with van der Waals surface area (Å²) in [6.45, 7) is 4.14. The smallest absolute Gasteiger partial charge is 0.320 e. The van der Waals surface area contributed by atoms with Crippen LogP contribution >= 0.6 is 34.7 Å². The van der Waals surface area contributed by atoms with Gasteiger partial charge in [0.15, 0.2) is 11.6 Å². The lowest BCUT2D eigenvalue weighted by Gasteiger charge is -2.30. The van der Waals surface area contributed by atoms with Gasteiger partial charge >= 0.3 is 11.8 Å². The lowest BCUT2D eigenvalue weighted by Crippen LogP contribution is -2.55. The third-order valence-electron chi connectivity index (χ3n) is 10.1. The number of benzene rings is 4. The Labute approximate surface area is 357 Å². The van der Waals surface area contributed by atoms with Crippen LogP contribution in [-0.4, -0.2) is 61.3 Å². The molecule has 0 saturated heterocycles. The highest BCUT2D eigenvalue weighted by Crippen LogP contribution is 2.34. The van der Waals surface area contributed by atoms with E-state index < -0.39 is 23.4 Å². The molecule has 4 heterocycles. The van der Waals surface area contributed by atoms with E-state index in [2.05, 4.69) is 14.6 Å². The fourth-order valence-electron chi connectivity index (χ4n) is 7.19. The van der Waals surface area contributed by atoms with Crippen molar-refractivity contribution in [2.75, 3.05) is 24.2 Å². The number of hydrogen-bond acceptors (Lipinski definition) is 9. The normalized spacial score (nSPS) is 11.2. The number of nitrogens with one attached hydrogen (secondary N) is 1. The van der Waals surface area contributed by atoms with E-state index in [9.17, 15) is 14.4 Å². The lowest BCUT2D eigenvalue weighted by molar-refractivity contribution is -0.119. The van der Waals surface area contributed by atoms with Crippen molar-refractivity contribution in [3.8, 4) is 11.5 Å². The fraction of sp³-hybridized carbons (Fsp3) is 0.136. The van der Waals surface area contributed by atoms with Gasteiger partial charge in [0.05, 0.1) is 25.3 Å². The highest BCUT2D eigenvalue weighted by molar-refractivity contribution is 7.03. The maximum atomic E-state index is 15.0. The molecular formula is C44H35Cl2N7O6S. The molecule has 0 fully saturated rings. The molecular weight excluding hydrogens is 825 g/mol. The number of ketones is 2. The van der Waals surface area contributed by atoms with Crippen molar-refractivity contribution < 1.29 is 28.7 Å². The second-order valence-electron chi connectivity index (χ2n) is 13.9. The van der Waals surface area contributed by atoms with Gasteiger partial charge in [0.2, 0.25) is 0 Å². The van der Waals surface area contributed by atoms with Crippen molar-refractivity contribution in [1.82, 2.24) is 23.7 Å². The summed E-state index contributed by atoms with van der Waals surface area (Å²) in [5.74, 6) is -3.55. The maximum absolute atomic E-state index is 15.0. The van der Waals surface area contributed by atoms with E-state index in [1.807, 2.05) is 39.5 Å². The van der Waals surface area contributed by atoms with Crippen molar-refractivity contribution in [1.29, 1.82) is 0 Å². The van der Waals surface area contributed by atoms with E-state index in [1.165, 1.54) is 26.4 Å². The molecule has 0 aliphatic rings. The van der Waals surface area contributed by atoms with Crippen LogP contribution in [0.5, 0.6) is 11.5 Å². The first-order valence-electron chi connectivity index (χ1n) is 18.5. The maximum Gasteiger partial charge on any atom is 0.320 e. The van der Waals surface area contributed by atoms with Gasteiger partial charge in [0.25, 0.3) is 11.6 Å². The highest BCUT2D eigenvalue weighted by atomic mass is 35.5. The van der Waals surface area contributed by atoms with Crippen LogP contribution < -0.4 is 19.5 Å². The van der Waals surface area contributed by atoms with Gasteiger partial charge in [-0.2, -0.15) is 19.5 Å². The molecule has 8 rings (SSSR count). The zero-order valence-electron chi connectivity index (χ0n) is 32.6. The molecule has 302 valence electrons. The van der Waals surface area contributed by atoms with Crippen LogP contribution in [0.1, 0.15) is 43.2 Å². The molecule has 0 atom stereocenters. The van der Waals surface area contributed by atoms with Crippen LogP contribution in [0.3, 0.4) is 0 Å². The summed E-state index contributed by atoms with van der Waals surface area (Å²) in [4.78, 5) is 59.6. The molecule has 4 aromatic carbocycles. The summed E-state index contributed by atoms with van der Waals surface area (Å²) >= 11 is 13.3. The van der Waals surface area contributed by atoms with Crippen LogP contribution in [-0.2, 0) is 22.7 Å². The average Bonchev–Trinajstić information content (AvgIpc) is 4.07. The van der Waals surface area contributed by atoms with Crippen molar-refractivity contribution in [2.45, 2.75) is 26.9 Å². The number of ether oxygens (including phenoxy) is 2. The number of aromatic nitrogens is 5. The number of rotatable bonds is 12. The number of Topliss-reactive ketones (excluding diaryl/α,β-unsaturated/α-hetero) is 2. The minimum absolute atomic E-state index is 0.0327. The fourth-order valence-corrected chi connectivity index (χ4v) is 7.93. The van der Waals surface area contributed by atoms with Gasteiger partial charge in [-0.1, -0.05) is 47.5 Å². The van der Waals surface area contributed by atoms with Crippen molar-refractivity contribution in [2.24, 2.45) is 0 Å². The Hall–Kier alpha value is -6.74. The zero-order valence-corrected chi connectivity index (χ0v) is 34.9. The molecule has 1 N–H and O–H groups in total. The van der Waals surface area contributed by atoms with Gasteiger partial charge in [0, 0.05) is 74.0 Å². The number of amides is 2. The van der Waals surface area contributed by atoms with Gasteiger partial charge < -0.3 is 18.6 Å². The number of methoxy groups -OCH3 is 2. The van der Waals surface area contributed by atoms with E-state index >= 15 is 4.79 Å². The van der Waals surface area contributed by atoms with E-state index in [4.69, 9.17) is 32.7 Å². The number of carbonyl (C=O) groups excluding carboxylic acids is 4. The summed E-state index contributed by atoms with van der Waals surface area (Å²) in [5.41, 5.74) is 4.22. The number of H-pyrrole nitrogens is 1. The predicted octanol–water partition coefficient (Wildman–Crippen LogP) is 8.86. The third-order valence-corrected chi connectivity index (χ3v) is 11.2. The number of halogens is 2. The van der Waals surface area contributed by atoms with Gasteiger partial charge in [-0.3, -0.25) is 24.3 Å². The molecule has 13 nitrogen and oxygen atoms in total. The number of carbonyl (C=O) groups is 4. The van der Waals surface area contributed by atoms with E-state index in [0.717, 1.165) is 32.7 Å². The Kier molecular flexibility index (Phi) is 11.0. The largest absolute Gasteiger partial charge is 0.497 e. The Morgan fingerprint density at radius 2 is 1.28 bits per heavy atom. The first-order valence-corrected chi connectivity index (χ1v) is 20.1. The van der Waals surface area contributed by atoms with Gasteiger partial charge in [-0.25, -0.2) is 0 Å². The molecule has 8 aromatic rings. The number of anilines is 2. The molecule has 16 heteroatoms. The SMILES string of the molecule is COc1ccc2c(c1)c(C(=O)C(=O)N(c1cc(C)[nH]n1)N(C(=O)C(=O)c1c(C)n(Cc3ccc(Cl)cc3)c3ccc(OC)cc13)c1ccsn1)cn2Cc1ccc(Cl)cc1. The number of hydrogen-bond donors (Lipinski definition) is 1. The monoisotopic (exact) mass is 859 g/mol. The number of hydrazine groups is 1. The Balaban J connectivity index is 1.24. The number of aromatic amines is 1. The Morgan fingerprint density at radius 3 is 1.87 bits per heavy atom. The number of aryl methyl sites for hydroxylation is 1. The van der Waals surface area contributed by atoms with Gasteiger partial charge in [-0.15, -0.1) is 0 Å². The summed E-state index contributed by atoms with van der Waals surface area (Å²) in [5, 5.41) is 12.3. The minimum atomic E-state index is -1.17. The van der Waals surface area contributed by atoms with E-state index in [0.29, 0.717) is 67.8 Å². The van der Waals surface area contributed by atoms with Gasteiger partial charge in [0.1, 0.15) is 11.5 Å². The number of nitrogens with zero attached hydrogens (tertiary/aromatic N) is 6. The van der Waals surface area contributed by atoms with Crippen LogP contribution in [0.2, 0.25) is 10.0 Å². The average molecular weight is 861 g/mol.